The molecule has 0 N–H and O–H groups in total. The lowest BCUT2D eigenvalue weighted by Gasteiger charge is -2.15. The summed E-state index contributed by atoms with van der Waals surface area (Å²) >= 11 is 7.60. The predicted octanol–water partition coefficient (Wildman–Crippen LogP) is 4.07. The molecule has 15 heavy (non-hydrogen) atoms. The Bertz CT molecular complexity index is 399. The van der Waals surface area contributed by atoms with Gasteiger partial charge in [0.05, 0.1) is 16.3 Å². The van der Waals surface area contributed by atoms with Crippen molar-refractivity contribution in [2.75, 3.05) is 0 Å². The number of rotatable bonds is 1. The van der Waals surface area contributed by atoms with Crippen LogP contribution < -0.4 is 0 Å². The fraction of sp³-hybridized carbons (Fsp3) is 0.364. The van der Waals surface area contributed by atoms with Crippen molar-refractivity contribution in [2.24, 2.45) is 4.99 Å². The van der Waals surface area contributed by atoms with Crippen molar-refractivity contribution in [1.82, 2.24) is 0 Å². The highest BCUT2D eigenvalue weighted by Gasteiger charge is 2.30. The van der Waals surface area contributed by atoms with Crippen LogP contribution in [-0.4, -0.2) is 11.1 Å². The molecule has 0 radical (unpaired) electrons. The van der Waals surface area contributed by atoms with Gasteiger partial charge in [-0.25, -0.2) is 4.39 Å². The second-order valence-electron chi connectivity index (χ2n) is 3.56. The second-order valence-corrected chi connectivity index (χ2v) is 5.30. The summed E-state index contributed by atoms with van der Waals surface area (Å²) in [6.45, 7) is 3.92. The lowest BCUT2D eigenvalue weighted by atomic mass is 10.1. The third-order valence-electron chi connectivity index (χ3n) is 2.41. The first-order valence-corrected chi connectivity index (χ1v) is 6.00. The van der Waals surface area contributed by atoms with E-state index in [2.05, 4.69) is 4.99 Å². The van der Waals surface area contributed by atoms with Gasteiger partial charge in [0.25, 0.3) is 0 Å². The number of thioether (sulfide) groups is 1. The maximum Gasteiger partial charge on any atom is 0.129 e. The van der Waals surface area contributed by atoms with Crippen LogP contribution in [0.5, 0.6) is 0 Å². The zero-order valence-corrected chi connectivity index (χ0v) is 10.1. The van der Waals surface area contributed by atoms with Gasteiger partial charge in [0.2, 0.25) is 0 Å². The quantitative estimate of drug-likeness (QED) is 0.724. The summed E-state index contributed by atoms with van der Waals surface area (Å²) in [7, 11) is 0. The van der Waals surface area contributed by atoms with Crippen LogP contribution in [0.4, 0.5) is 4.39 Å². The van der Waals surface area contributed by atoms with Crippen LogP contribution >= 0.6 is 23.4 Å². The SMILES string of the molecule is CC1=N[C@H](C)C(c2c(F)cccc2Cl)S1. The third-order valence-corrected chi connectivity index (χ3v) is 4.06. The van der Waals surface area contributed by atoms with Crippen LogP contribution in [0, 0.1) is 5.82 Å². The maximum absolute atomic E-state index is 13.7. The monoisotopic (exact) mass is 243 g/mol. The van der Waals surface area contributed by atoms with Gasteiger partial charge in [0.15, 0.2) is 0 Å². The van der Waals surface area contributed by atoms with Crippen molar-refractivity contribution in [3.63, 3.8) is 0 Å². The first-order chi connectivity index (χ1) is 7.09. The summed E-state index contributed by atoms with van der Waals surface area (Å²) in [5.41, 5.74) is 0.581. The number of halogens is 2. The van der Waals surface area contributed by atoms with Gasteiger partial charge in [0, 0.05) is 10.6 Å². The average molecular weight is 244 g/mol. The van der Waals surface area contributed by atoms with E-state index in [0.29, 0.717) is 10.6 Å². The van der Waals surface area contributed by atoms with Gasteiger partial charge >= 0.3 is 0 Å². The van der Waals surface area contributed by atoms with Crippen LogP contribution in [0.2, 0.25) is 5.02 Å². The molecule has 0 saturated carbocycles. The van der Waals surface area contributed by atoms with E-state index in [1.54, 1.807) is 23.9 Å². The van der Waals surface area contributed by atoms with Crippen molar-refractivity contribution in [3.8, 4) is 0 Å². The zero-order chi connectivity index (χ0) is 11.0. The van der Waals surface area contributed by atoms with Crippen LogP contribution in [0.1, 0.15) is 24.7 Å². The van der Waals surface area contributed by atoms with E-state index < -0.39 is 0 Å². The molecule has 0 saturated heterocycles. The summed E-state index contributed by atoms with van der Waals surface area (Å²) in [4.78, 5) is 4.38. The van der Waals surface area contributed by atoms with Crippen molar-refractivity contribution < 1.29 is 4.39 Å². The Kier molecular flexibility index (Phi) is 3.03. The Morgan fingerprint density at radius 1 is 1.47 bits per heavy atom. The smallest absolute Gasteiger partial charge is 0.129 e. The summed E-state index contributed by atoms with van der Waals surface area (Å²) < 4.78 is 13.7. The molecule has 4 heteroatoms. The molecular formula is C11H11ClFNS. The van der Waals surface area contributed by atoms with Gasteiger partial charge in [0.1, 0.15) is 5.82 Å². The van der Waals surface area contributed by atoms with E-state index in [9.17, 15) is 4.39 Å². The topological polar surface area (TPSA) is 12.4 Å². The molecule has 1 aromatic rings. The Hall–Kier alpha value is -0.540. The van der Waals surface area contributed by atoms with E-state index in [1.165, 1.54) is 6.07 Å². The maximum atomic E-state index is 13.7. The summed E-state index contributed by atoms with van der Waals surface area (Å²) in [5.74, 6) is -0.239. The van der Waals surface area contributed by atoms with Gasteiger partial charge in [-0.15, -0.1) is 11.8 Å². The molecule has 1 aromatic carbocycles. The largest absolute Gasteiger partial charge is 0.279 e. The first kappa shape index (κ1) is 11.0. The number of benzene rings is 1. The average Bonchev–Trinajstić information content (AvgIpc) is 2.45. The van der Waals surface area contributed by atoms with Gasteiger partial charge in [-0.05, 0) is 26.0 Å². The summed E-state index contributed by atoms with van der Waals surface area (Å²) in [6.07, 6.45) is 0. The highest BCUT2D eigenvalue weighted by atomic mass is 35.5. The molecule has 1 aliphatic rings. The number of hydrogen-bond donors (Lipinski definition) is 0. The molecule has 0 aliphatic carbocycles. The molecule has 0 amide bonds. The minimum atomic E-state index is -0.239. The molecule has 0 fully saturated rings. The van der Waals surface area contributed by atoms with Gasteiger partial charge in [-0.3, -0.25) is 4.99 Å². The molecule has 1 heterocycles. The minimum absolute atomic E-state index is 0.0127. The van der Waals surface area contributed by atoms with E-state index >= 15 is 0 Å². The van der Waals surface area contributed by atoms with Crippen molar-refractivity contribution in [3.05, 3.63) is 34.6 Å². The van der Waals surface area contributed by atoms with E-state index in [-0.39, 0.29) is 17.1 Å². The molecular weight excluding hydrogens is 233 g/mol. The fourth-order valence-corrected chi connectivity index (χ4v) is 3.30. The highest BCUT2D eigenvalue weighted by Crippen LogP contribution is 2.43. The van der Waals surface area contributed by atoms with Crippen LogP contribution in [0.25, 0.3) is 0 Å². The molecule has 1 aliphatic heterocycles. The fourth-order valence-electron chi connectivity index (χ4n) is 1.75. The molecule has 2 rings (SSSR count). The van der Waals surface area contributed by atoms with E-state index in [4.69, 9.17) is 11.6 Å². The zero-order valence-electron chi connectivity index (χ0n) is 8.50. The summed E-state index contributed by atoms with van der Waals surface area (Å²) in [5, 5.41) is 1.50. The van der Waals surface area contributed by atoms with Crippen LogP contribution in [0.15, 0.2) is 23.2 Å². The van der Waals surface area contributed by atoms with Gasteiger partial charge in [-0.1, -0.05) is 17.7 Å². The van der Waals surface area contributed by atoms with Crippen molar-refractivity contribution in [2.45, 2.75) is 25.1 Å². The van der Waals surface area contributed by atoms with Gasteiger partial charge < -0.3 is 0 Å². The Labute approximate surface area is 97.7 Å². The minimum Gasteiger partial charge on any atom is -0.279 e. The normalized spacial score (nSPS) is 25.5. The Morgan fingerprint density at radius 3 is 2.73 bits per heavy atom. The lowest BCUT2D eigenvalue weighted by Crippen LogP contribution is -2.07. The molecule has 1 unspecified atom stereocenters. The molecule has 2 atom stereocenters. The predicted molar refractivity (Wildman–Crippen MR) is 64.3 cm³/mol. The highest BCUT2D eigenvalue weighted by molar-refractivity contribution is 8.14. The van der Waals surface area contributed by atoms with Crippen LogP contribution in [0.3, 0.4) is 0 Å². The number of nitrogens with zero attached hydrogens (tertiary/aromatic N) is 1. The Morgan fingerprint density at radius 2 is 2.20 bits per heavy atom. The van der Waals surface area contributed by atoms with Crippen molar-refractivity contribution >= 4 is 28.4 Å². The molecule has 0 bridgehead atoms. The molecule has 80 valence electrons. The number of aliphatic imine (C=N–C) groups is 1. The van der Waals surface area contributed by atoms with E-state index in [1.807, 2.05) is 13.8 Å². The Balaban J connectivity index is 2.39. The first-order valence-electron chi connectivity index (χ1n) is 4.74. The lowest BCUT2D eigenvalue weighted by molar-refractivity contribution is 0.595. The standard InChI is InChI=1S/C11H11ClFNS/c1-6-11(15-7(2)14-6)10-8(12)4-3-5-9(10)13/h3-6,11H,1-2H3/t6-,11?/m1/s1. The molecule has 0 spiro atoms. The number of hydrogen-bond acceptors (Lipinski definition) is 2. The van der Waals surface area contributed by atoms with Crippen LogP contribution in [-0.2, 0) is 0 Å². The summed E-state index contributed by atoms with van der Waals surface area (Å²) in [6, 6.07) is 4.88. The molecule has 1 nitrogen and oxygen atoms in total. The van der Waals surface area contributed by atoms with E-state index in [0.717, 1.165) is 5.04 Å². The third kappa shape index (κ3) is 2.04. The van der Waals surface area contributed by atoms with Crippen molar-refractivity contribution in [1.29, 1.82) is 0 Å². The van der Waals surface area contributed by atoms with Gasteiger partial charge in [-0.2, -0.15) is 0 Å². The molecule has 0 aromatic heterocycles. The second kappa shape index (κ2) is 4.14.